The van der Waals surface area contributed by atoms with Crippen molar-refractivity contribution in [1.29, 1.82) is 0 Å². The van der Waals surface area contributed by atoms with E-state index in [9.17, 15) is 13.5 Å². The molecular weight excluding hydrogens is 488 g/mol. The minimum atomic E-state index is -3.74. The van der Waals surface area contributed by atoms with Crippen LogP contribution in [0.1, 0.15) is 16.7 Å². The number of sulfonamides is 1. The van der Waals surface area contributed by atoms with Crippen molar-refractivity contribution in [3.63, 3.8) is 0 Å². The molecule has 0 radical (unpaired) electrons. The predicted molar refractivity (Wildman–Crippen MR) is 143 cm³/mol. The summed E-state index contributed by atoms with van der Waals surface area (Å²) in [6.07, 6.45) is 1.74. The van der Waals surface area contributed by atoms with Gasteiger partial charge < -0.3 is 16.2 Å². The molecule has 9 nitrogen and oxygen atoms in total. The lowest BCUT2D eigenvalue weighted by Crippen LogP contribution is -2.24. The molecule has 5 rings (SSSR count). The first-order chi connectivity index (χ1) is 17.8. The number of nitrogens with zero attached hydrogens (tertiary/aromatic N) is 3. The van der Waals surface area contributed by atoms with Crippen LogP contribution in [0.3, 0.4) is 0 Å². The first-order valence-electron chi connectivity index (χ1n) is 11.6. The number of hydrogen-bond donors (Lipinski definition) is 4. The summed E-state index contributed by atoms with van der Waals surface area (Å²) < 4.78 is 29.7. The second-order valence-corrected chi connectivity index (χ2v) is 10.4. The highest BCUT2D eigenvalue weighted by molar-refractivity contribution is 7.89. The molecule has 188 valence electrons. The fourth-order valence-electron chi connectivity index (χ4n) is 4.05. The summed E-state index contributed by atoms with van der Waals surface area (Å²) in [6, 6.07) is 22.9. The van der Waals surface area contributed by atoms with E-state index >= 15 is 0 Å². The van der Waals surface area contributed by atoms with Gasteiger partial charge in [-0.15, -0.1) is 0 Å². The first kappa shape index (κ1) is 24.3. The van der Waals surface area contributed by atoms with Gasteiger partial charge in [0.05, 0.1) is 17.6 Å². The minimum Gasteiger partial charge on any atom is -0.507 e. The van der Waals surface area contributed by atoms with E-state index in [1.54, 1.807) is 41.0 Å². The second-order valence-electron chi connectivity index (χ2n) is 8.64. The van der Waals surface area contributed by atoms with Crippen LogP contribution in [-0.4, -0.2) is 28.1 Å². The van der Waals surface area contributed by atoms with Crippen molar-refractivity contribution < 1.29 is 13.5 Å². The van der Waals surface area contributed by atoms with Gasteiger partial charge >= 0.3 is 0 Å². The summed E-state index contributed by atoms with van der Waals surface area (Å²) in [7, 11) is -3.74. The summed E-state index contributed by atoms with van der Waals surface area (Å²) in [4.78, 5) is 4.76. The maximum atomic E-state index is 12.7. The largest absolute Gasteiger partial charge is 0.507 e. The number of nitrogen functional groups attached to an aromatic ring is 1. The minimum absolute atomic E-state index is 0.0595. The molecule has 5 aromatic rings. The number of anilines is 2. The summed E-state index contributed by atoms with van der Waals surface area (Å²) in [5, 5.41) is 18.2. The van der Waals surface area contributed by atoms with E-state index in [0.29, 0.717) is 29.3 Å². The molecule has 0 amide bonds. The summed E-state index contributed by atoms with van der Waals surface area (Å²) in [6.45, 7) is 2.52. The van der Waals surface area contributed by atoms with Crippen LogP contribution in [0.4, 0.5) is 11.5 Å². The molecule has 10 heteroatoms. The molecule has 2 aromatic heterocycles. The van der Waals surface area contributed by atoms with Gasteiger partial charge in [0.1, 0.15) is 16.5 Å². The molecule has 0 unspecified atom stereocenters. The first-order valence-corrected chi connectivity index (χ1v) is 13.1. The van der Waals surface area contributed by atoms with E-state index in [4.69, 9.17) is 10.7 Å². The molecule has 0 saturated carbocycles. The summed E-state index contributed by atoms with van der Waals surface area (Å²) in [5.74, 6) is 0.858. The molecule has 0 saturated heterocycles. The highest BCUT2D eigenvalue weighted by atomic mass is 32.2. The van der Waals surface area contributed by atoms with Gasteiger partial charge in [-0.25, -0.2) is 18.1 Å². The van der Waals surface area contributed by atoms with Crippen molar-refractivity contribution in [2.24, 2.45) is 0 Å². The van der Waals surface area contributed by atoms with Crippen molar-refractivity contribution in [2.75, 3.05) is 11.1 Å². The smallest absolute Gasteiger partial charge is 0.242 e. The third-order valence-electron chi connectivity index (χ3n) is 5.97. The van der Waals surface area contributed by atoms with Crippen LogP contribution < -0.4 is 15.8 Å². The number of rotatable bonds is 8. The van der Waals surface area contributed by atoms with Crippen molar-refractivity contribution in [3.8, 4) is 17.0 Å². The van der Waals surface area contributed by atoms with Crippen LogP contribution in [-0.2, 0) is 23.1 Å². The van der Waals surface area contributed by atoms with Crippen molar-refractivity contribution in [1.82, 2.24) is 19.3 Å². The van der Waals surface area contributed by atoms with E-state index < -0.39 is 10.0 Å². The van der Waals surface area contributed by atoms with Gasteiger partial charge in [0.25, 0.3) is 0 Å². The number of fused-ring (bicyclic) bond motifs is 1. The number of aryl methyl sites for hydroxylation is 1. The van der Waals surface area contributed by atoms with E-state index in [1.807, 2.05) is 49.4 Å². The SMILES string of the molecule is Cc1cnn2c(NCc3cccc(CNS(=O)(=O)c4ccccc4N)c3)cc(-c3ccccc3O)nc12. The second kappa shape index (κ2) is 9.92. The van der Waals surface area contributed by atoms with Gasteiger partial charge in [-0.3, -0.25) is 0 Å². The van der Waals surface area contributed by atoms with Crippen LogP contribution in [0.15, 0.2) is 90.0 Å². The quantitative estimate of drug-likeness (QED) is 0.229. The Balaban J connectivity index is 1.36. The number of phenols is 1. The molecule has 2 heterocycles. The highest BCUT2D eigenvalue weighted by Crippen LogP contribution is 2.30. The van der Waals surface area contributed by atoms with Crippen LogP contribution >= 0.6 is 0 Å². The van der Waals surface area contributed by atoms with Gasteiger partial charge in [0, 0.05) is 30.3 Å². The third-order valence-corrected chi connectivity index (χ3v) is 7.44. The lowest BCUT2D eigenvalue weighted by Gasteiger charge is -2.13. The molecule has 0 spiro atoms. The Hall–Kier alpha value is -4.41. The highest BCUT2D eigenvalue weighted by Gasteiger charge is 2.17. The number of aromatic hydroxyl groups is 1. The molecule has 0 atom stereocenters. The Labute approximate surface area is 214 Å². The maximum absolute atomic E-state index is 12.7. The number of aromatic nitrogens is 3. The van der Waals surface area contributed by atoms with E-state index in [2.05, 4.69) is 15.1 Å². The number of para-hydroxylation sites is 2. The zero-order valence-corrected chi connectivity index (χ0v) is 20.9. The zero-order chi connectivity index (χ0) is 26.0. The predicted octanol–water partition coefficient (Wildman–Crippen LogP) is 4.08. The van der Waals surface area contributed by atoms with E-state index in [0.717, 1.165) is 16.7 Å². The van der Waals surface area contributed by atoms with Crippen molar-refractivity contribution in [3.05, 3.63) is 102 Å². The molecule has 5 N–H and O–H groups in total. The van der Waals surface area contributed by atoms with Crippen LogP contribution in [0.25, 0.3) is 16.9 Å². The molecule has 0 fully saturated rings. The molecule has 0 bridgehead atoms. The number of hydrogen-bond acceptors (Lipinski definition) is 7. The number of phenolic OH excluding ortho intramolecular Hbond substituents is 1. The van der Waals surface area contributed by atoms with Crippen molar-refractivity contribution in [2.45, 2.75) is 24.9 Å². The van der Waals surface area contributed by atoms with Gasteiger partial charge in [-0.1, -0.05) is 48.5 Å². The van der Waals surface area contributed by atoms with Crippen LogP contribution in [0.2, 0.25) is 0 Å². The normalized spacial score (nSPS) is 11.6. The van der Waals surface area contributed by atoms with E-state index in [-0.39, 0.29) is 22.9 Å². The molecular formula is C27H26N6O3S. The van der Waals surface area contributed by atoms with Gasteiger partial charge in [-0.2, -0.15) is 9.61 Å². The Kier molecular flexibility index (Phi) is 6.51. The Morgan fingerprint density at radius 1 is 0.946 bits per heavy atom. The average molecular weight is 515 g/mol. The van der Waals surface area contributed by atoms with Gasteiger partial charge in [0.15, 0.2) is 5.65 Å². The molecule has 37 heavy (non-hydrogen) atoms. The number of nitrogens with one attached hydrogen (secondary N) is 2. The fraction of sp³-hybridized carbons (Fsp3) is 0.111. The van der Waals surface area contributed by atoms with Crippen LogP contribution in [0.5, 0.6) is 5.75 Å². The Bertz CT molecular complexity index is 1700. The molecule has 0 aliphatic rings. The Morgan fingerprint density at radius 2 is 1.68 bits per heavy atom. The third kappa shape index (κ3) is 5.11. The lowest BCUT2D eigenvalue weighted by atomic mass is 10.1. The van der Waals surface area contributed by atoms with Crippen molar-refractivity contribution >= 4 is 27.2 Å². The molecule has 0 aliphatic heterocycles. The summed E-state index contributed by atoms with van der Waals surface area (Å²) >= 11 is 0. The Morgan fingerprint density at radius 3 is 2.46 bits per heavy atom. The average Bonchev–Trinajstić information content (AvgIpc) is 3.27. The fourth-order valence-corrected chi connectivity index (χ4v) is 5.20. The number of benzene rings is 3. The monoisotopic (exact) mass is 514 g/mol. The standard InChI is InChI=1S/C27H26N6O3S/c1-18-15-30-33-26(14-23(32-27(18)33)21-9-2-4-11-24(21)34)29-16-19-7-6-8-20(13-19)17-31-37(35,36)25-12-5-3-10-22(25)28/h2-15,29,31,34H,16-17,28H2,1H3. The molecule has 0 aliphatic carbocycles. The van der Waals surface area contributed by atoms with Gasteiger partial charge in [0.2, 0.25) is 10.0 Å². The maximum Gasteiger partial charge on any atom is 0.242 e. The topological polar surface area (TPSA) is 135 Å². The van der Waals surface area contributed by atoms with Gasteiger partial charge in [-0.05, 0) is 42.3 Å². The summed E-state index contributed by atoms with van der Waals surface area (Å²) in [5.41, 5.74) is 10.7. The zero-order valence-electron chi connectivity index (χ0n) is 20.1. The lowest BCUT2D eigenvalue weighted by molar-refractivity contribution is 0.477. The molecule has 3 aromatic carbocycles. The van der Waals surface area contributed by atoms with Crippen LogP contribution in [0, 0.1) is 6.92 Å². The number of nitrogens with two attached hydrogens (primary N) is 1. The van der Waals surface area contributed by atoms with E-state index in [1.165, 1.54) is 6.07 Å².